The van der Waals surface area contributed by atoms with Crippen LogP contribution in [0.1, 0.15) is 18.1 Å². The molecule has 2 aromatic carbocycles. The monoisotopic (exact) mass is 306 g/mol. The topological polar surface area (TPSA) is 35.5 Å². The first-order chi connectivity index (χ1) is 11.2. The van der Waals surface area contributed by atoms with Gasteiger partial charge in [0.2, 0.25) is 0 Å². The Bertz CT molecular complexity index is 743. The molecule has 0 saturated carbocycles. The third-order valence-electron chi connectivity index (χ3n) is 3.59. The Morgan fingerprint density at radius 2 is 1.65 bits per heavy atom. The van der Waals surface area contributed by atoms with E-state index >= 15 is 0 Å². The maximum absolute atomic E-state index is 11.5. The van der Waals surface area contributed by atoms with Gasteiger partial charge in [0.25, 0.3) is 0 Å². The van der Waals surface area contributed by atoms with E-state index in [1.54, 1.807) is 0 Å². The van der Waals surface area contributed by atoms with Gasteiger partial charge in [-0.2, -0.15) is 0 Å². The van der Waals surface area contributed by atoms with Crippen molar-refractivity contribution in [3.8, 4) is 0 Å². The van der Waals surface area contributed by atoms with Crippen molar-refractivity contribution in [1.29, 1.82) is 0 Å². The molecule has 0 aromatic heterocycles. The fourth-order valence-corrected chi connectivity index (χ4v) is 2.56. The van der Waals surface area contributed by atoms with Crippen LogP contribution < -0.4 is 0 Å². The van der Waals surface area contributed by atoms with Gasteiger partial charge >= 0.3 is 5.97 Å². The van der Waals surface area contributed by atoms with Crippen LogP contribution in [0.3, 0.4) is 0 Å². The van der Waals surface area contributed by atoms with Crippen LogP contribution in [0.2, 0.25) is 0 Å². The Morgan fingerprint density at radius 3 is 2.30 bits per heavy atom. The number of carbonyl (C=O) groups is 1. The lowest BCUT2D eigenvalue weighted by atomic mass is 10.0. The molecular formula is C20H18O3. The van der Waals surface area contributed by atoms with E-state index in [1.807, 2.05) is 60.7 Å². The van der Waals surface area contributed by atoms with Gasteiger partial charge in [0.1, 0.15) is 5.76 Å². The van der Waals surface area contributed by atoms with E-state index in [0.29, 0.717) is 19.0 Å². The summed E-state index contributed by atoms with van der Waals surface area (Å²) in [7, 11) is 0. The third kappa shape index (κ3) is 3.76. The molecule has 1 aliphatic heterocycles. The predicted molar refractivity (Wildman–Crippen MR) is 90.4 cm³/mol. The Kier molecular flexibility index (Phi) is 4.69. The Labute approximate surface area is 135 Å². The largest absolute Gasteiger partial charge is 0.426 e. The second-order valence-electron chi connectivity index (χ2n) is 5.34. The van der Waals surface area contributed by atoms with E-state index in [0.717, 1.165) is 22.3 Å². The maximum Gasteiger partial charge on any atom is 0.308 e. The summed E-state index contributed by atoms with van der Waals surface area (Å²) in [4.78, 5) is 11.5. The number of hydrogen-bond donors (Lipinski definition) is 0. The molecule has 116 valence electrons. The number of rotatable bonds is 3. The Morgan fingerprint density at radius 1 is 1.00 bits per heavy atom. The van der Waals surface area contributed by atoms with Crippen molar-refractivity contribution >= 4 is 17.8 Å². The second-order valence-corrected chi connectivity index (χ2v) is 5.34. The lowest BCUT2D eigenvalue weighted by Gasteiger charge is -2.11. The highest BCUT2D eigenvalue weighted by Gasteiger charge is 2.22. The first kappa shape index (κ1) is 15.3. The molecule has 0 bridgehead atoms. The quantitative estimate of drug-likeness (QED) is 0.633. The minimum absolute atomic E-state index is 0.331. The van der Waals surface area contributed by atoms with Crippen molar-refractivity contribution in [2.24, 2.45) is 0 Å². The highest BCUT2D eigenvalue weighted by Crippen LogP contribution is 2.30. The summed E-state index contributed by atoms with van der Waals surface area (Å²) >= 11 is 0. The first-order valence-corrected chi connectivity index (χ1v) is 7.55. The van der Waals surface area contributed by atoms with E-state index in [9.17, 15) is 4.79 Å². The number of hydrogen-bond acceptors (Lipinski definition) is 3. The zero-order valence-corrected chi connectivity index (χ0v) is 13.0. The Balaban J connectivity index is 2.06. The fraction of sp³-hybridized carbons (Fsp3) is 0.150. The van der Waals surface area contributed by atoms with Crippen LogP contribution in [0, 0.1) is 0 Å². The summed E-state index contributed by atoms with van der Waals surface area (Å²) in [6, 6.07) is 19.7. The lowest BCUT2D eigenvalue weighted by Crippen LogP contribution is -2.03. The van der Waals surface area contributed by atoms with Crippen molar-refractivity contribution in [2.45, 2.75) is 6.92 Å². The second kappa shape index (κ2) is 7.07. The fourth-order valence-electron chi connectivity index (χ4n) is 2.56. The molecular weight excluding hydrogens is 288 g/mol. The van der Waals surface area contributed by atoms with Crippen LogP contribution >= 0.6 is 0 Å². The molecule has 3 rings (SSSR count). The molecule has 0 spiro atoms. The van der Waals surface area contributed by atoms with Gasteiger partial charge in [-0.25, -0.2) is 0 Å². The van der Waals surface area contributed by atoms with Crippen molar-refractivity contribution in [1.82, 2.24) is 0 Å². The number of ether oxygens (including phenoxy) is 2. The summed E-state index contributed by atoms with van der Waals surface area (Å²) in [5.74, 6) is 0.250. The van der Waals surface area contributed by atoms with Gasteiger partial charge in [0.15, 0.2) is 0 Å². The standard InChI is InChI=1S/C20H18O3/c1-15(21)23-20(17-10-6-3-7-11-17)19-14-22-13-18(19)12-16-8-4-2-5-9-16/h2-12H,13-14H2,1H3/b18-12+,20-19+. The van der Waals surface area contributed by atoms with Gasteiger partial charge < -0.3 is 9.47 Å². The average Bonchev–Trinajstić information content (AvgIpc) is 3.02. The van der Waals surface area contributed by atoms with E-state index in [-0.39, 0.29) is 5.97 Å². The molecule has 0 atom stereocenters. The summed E-state index contributed by atoms with van der Waals surface area (Å²) in [6.45, 7) is 2.37. The number of carbonyl (C=O) groups excluding carboxylic acids is 1. The Hall–Kier alpha value is -2.65. The van der Waals surface area contributed by atoms with E-state index in [4.69, 9.17) is 9.47 Å². The van der Waals surface area contributed by atoms with Gasteiger partial charge in [0, 0.05) is 18.1 Å². The zero-order chi connectivity index (χ0) is 16.1. The summed E-state index contributed by atoms with van der Waals surface area (Å²) in [5.41, 5.74) is 3.94. The average molecular weight is 306 g/mol. The van der Waals surface area contributed by atoms with Crippen LogP contribution in [-0.4, -0.2) is 19.2 Å². The molecule has 0 N–H and O–H groups in total. The van der Waals surface area contributed by atoms with Crippen molar-refractivity contribution in [3.05, 3.63) is 82.9 Å². The summed E-state index contributed by atoms with van der Waals surface area (Å²) in [5, 5.41) is 0. The molecule has 2 aromatic rings. The van der Waals surface area contributed by atoms with Crippen LogP contribution in [0.15, 0.2) is 71.8 Å². The van der Waals surface area contributed by atoms with Crippen molar-refractivity contribution < 1.29 is 14.3 Å². The SMILES string of the molecule is CC(=O)O/C(=C1\COC\C1=C/c1ccccc1)c1ccccc1. The number of benzene rings is 2. The molecule has 1 heterocycles. The maximum atomic E-state index is 11.5. The molecule has 1 aliphatic rings. The third-order valence-corrected chi connectivity index (χ3v) is 3.59. The van der Waals surface area contributed by atoms with E-state index in [2.05, 4.69) is 6.08 Å². The zero-order valence-electron chi connectivity index (χ0n) is 13.0. The molecule has 0 amide bonds. The molecule has 3 heteroatoms. The molecule has 23 heavy (non-hydrogen) atoms. The summed E-state index contributed by atoms with van der Waals surface area (Å²) in [6.07, 6.45) is 2.08. The molecule has 3 nitrogen and oxygen atoms in total. The minimum Gasteiger partial charge on any atom is -0.426 e. The van der Waals surface area contributed by atoms with Crippen LogP contribution in [0.5, 0.6) is 0 Å². The van der Waals surface area contributed by atoms with Crippen molar-refractivity contribution in [2.75, 3.05) is 13.2 Å². The summed E-state index contributed by atoms with van der Waals surface area (Å²) < 4.78 is 11.1. The molecule has 0 aliphatic carbocycles. The van der Waals surface area contributed by atoms with Crippen molar-refractivity contribution in [3.63, 3.8) is 0 Å². The van der Waals surface area contributed by atoms with E-state index < -0.39 is 0 Å². The molecule has 0 unspecified atom stereocenters. The van der Waals surface area contributed by atoms with Gasteiger partial charge in [-0.05, 0) is 17.2 Å². The highest BCUT2D eigenvalue weighted by atomic mass is 16.5. The smallest absolute Gasteiger partial charge is 0.308 e. The molecule has 1 saturated heterocycles. The van der Waals surface area contributed by atoms with Crippen LogP contribution in [0.25, 0.3) is 11.8 Å². The van der Waals surface area contributed by atoms with Gasteiger partial charge in [-0.15, -0.1) is 0 Å². The normalized spacial score (nSPS) is 18.0. The lowest BCUT2D eigenvalue weighted by molar-refractivity contribution is -0.134. The van der Waals surface area contributed by atoms with Gasteiger partial charge in [-0.1, -0.05) is 60.7 Å². The van der Waals surface area contributed by atoms with Crippen LogP contribution in [0.4, 0.5) is 0 Å². The van der Waals surface area contributed by atoms with Crippen LogP contribution in [-0.2, 0) is 14.3 Å². The highest BCUT2D eigenvalue weighted by molar-refractivity contribution is 5.81. The van der Waals surface area contributed by atoms with E-state index in [1.165, 1.54) is 6.92 Å². The minimum atomic E-state index is -0.331. The first-order valence-electron chi connectivity index (χ1n) is 7.55. The molecule has 0 radical (unpaired) electrons. The molecule has 1 fully saturated rings. The van der Waals surface area contributed by atoms with Gasteiger partial charge in [0.05, 0.1) is 13.2 Å². The predicted octanol–water partition coefficient (Wildman–Crippen LogP) is 4.07. The number of esters is 1. The van der Waals surface area contributed by atoms with Gasteiger partial charge in [-0.3, -0.25) is 4.79 Å².